The summed E-state index contributed by atoms with van der Waals surface area (Å²) in [5, 5.41) is 6.36. The molecule has 0 radical (unpaired) electrons. The highest BCUT2D eigenvalue weighted by molar-refractivity contribution is 5.89. The molecule has 0 spiro atoms. The zero-order chi connectivity index (χ0) is 22.6. The van der Waals surface area contributed by atoms with Gasteiger partial charge in [0.2, 0.25) is 11.8 Å². The molecular weight excluding hydrogens is 388 g/mol. The second kappa shape index (κ2) is 8.04. The number of ketones is 1. The van der Waals surface area contributed by atoms with E-state index in [1.165, 1.54) is 0 Å². The maximum absolute atomic E-state index is 13.4. The molecule has 2 unspecified atom stereocenters. The molecule has 2 amide bonds. The number of hydrogen-bond donors (Lipinski definition) is 2. The van der Waals surface area contributed by atoms with E-state index in [0.29, 0.717) is 17.8 Å². The van der Waals surface area contributed by atoms with Gasteiger partial charge in [0.1, 0.15) is 0 Å². The molecule has 0 saturated heterocycles. The van der Waals surface area contributed by atoms with E-state index in [4.69, 9.17) is 0 Å². The van der Waals surface area contributed by atoms with Gasteiger partial charge in [-0.1, -0.05) is 40.2 Å². The monoisotopic (exact) mass is 428 g/mol. The van der Waals surface area contributed by atoms with Gasteiger partial charge in [-0.3, -0.25) is 14.4 Å². The van der Waals surface area contributed by atoms with E-state index in [1.807, 2.05) is 6.92 Å². The molecule has 1 heterocycles. The highest BCUT2D eigenvalue weighted by Gasteiger charge is 2.61. The Labute approximate surface area is 187 Å². The molecule has 5 nitrogen and oxygen atoms in total. The SMILES string of the molecule is CCC(C)C(NC(=O)[C@H]1CC[C@H]2[C@@H]3CC[C@H]4NC(=O)C=C[C@]4(C)[C@H]3CC[C@]12C)C(C)=O. The molecule has 3 aliphatic carbocycles. The molecule has 4 aliphatic rings. The van der Waals surface area contributed by atoms with Gasteiger partial charge in [0, 0.05) is 17.4 Å². The van der Waals surface area contributed by atoms with Crippen LogP contribution in [0.5, 0.6) is 0 Å². The number of fused-ring (bicyclic) bond motifs is 5. The number of carbonyl (C=O) groups excluding carboxylic acids is 3. The standard InChI is InChI=1S/C26H40N2O3/c1-6-15(2)23(16(3)29)28-24(31)20-9-8-18-17-7-10-21-26(5,14-12-22(30)27-21)19(17)11-13-25(18,20)4/h12,14-15,17-21,23H,6-11,13H2,1-5H3,(H,27,30)(H,28,31)/t15?,17-,18-,19-,20+,21+,23?,25-,26+/m0/s1. The van der Waals surface area contributed by atoms with Crippen molar-refractivity contribution in [2.45, 2.75) is 91.6 Å². The van der Waals surface area contributed by atoms with Gasteiger partial charge in [0.05, 0.1) is 6.04 Å². The van der Waals surface area contributed by atoms with Crippen molar-refractivity contribution in [1.29, 1.82) is 0 Å². The average molecular weight is 429 g/mol. The van der Waals surface area contributed by atoms with Crippen LogP contribution in [0.1, 0.15) is 79.6 Å². The number of hydrogen-bond acceptors (Lipinski definition) is 3. The highest BCUT2D eigenvalue weighted by atomic mass is 16.2. The first-order valence-corrected chi connectivity index (χ1v) is 12.4. The van der Waals surface area contributed by atoms with Crippen LogP contribution in [0.25, 0.3) is 0 Å². The van der Waals surface area contributed by atoms with E-state index in [2.05, 4.69) is 37.5 Å². The van der Waals surface area contributed by atoms with Crippen LogP contribution < -0.4 is 10.6 Å². The maximum atomic E-state index is 13.4. The van der Waals surface area contributed by atoms with Gasteiger partial charge in [0.25, 0.3) is 0 Å². The summed E-state index contributed by atoms with van der Waals surface area (Å²) in [6.45, 7) is 10.4. The van der Waals surface area contributed by atoms with Gasteiger partial charge >= 0.3 is 0 Å². The van der Waals surface area contributed by atoms with Gasteiger partial charge < -0.3 is 10.6 Å². The third kappa shape index (κ3) is 3.56. The Bertz CT molecular complexity index is 792. The Hall–Kier alpha value is -1.65. The maximum Gasteiger partial charge on any atom is 0.243 e. The summed E-state index contributed by atoms with van der Waals surface area (Å²) in [5.74, 6) is 2.06. The fourth-order valence-corrected chi connectivity index (χ4v) is 7.90. The molecule has 1 aliphatic heterocycles. The summed E-state index contributed by atoms with van der Waals surface area (Å²) in [6, 6.07) is -0.134. The van der Waals surface area contributed by atoms with Crippen LogP contribution in [0.15, 0.2) is 12.2 Å². The van der Waals surface area contributed by atoms with Crippen molar-refractivity contribution in [3.8, 4) is 0 Å². The first kappa shape index (κ1) is 22.5. The van der Waals surface area contributed by atoms with E-state index in [0.717, 1.165) is 44.9 Å². The van der Waals surface area contributed by atoms with Gasteiger partial charge in [0.15, 0.2) is 5.78 Å². The highest BCUT2D eigenvalue weighted by Crippen LogP contribution is 2.65. The lowest BCUT2D eigenvalue weighted by atomic mass is 9.48. The topological polar surface area (TPSA) is 75.3 Å². The second-order valence-corrected chi connectivity index (χ2v) is 11.4. The minimum atomic E-state index is -0.373. The van der Waals surface area contributed by atoms with E-state index in [9.17, 15) is 14.4 Å². The lowest BCUT2D eigenvalue weighted by molar-refractivity contribution is -0.137. The van der Waals surface area contributed by atoms with E-state index in [1.54, 1.807) is 13.0 Å². The number of Topliss-reactive ketones (excluding diaryl/α,β-unsaturated/α-hetero) is 1. The minimum absolute atomic E-state index is 0.00325. The summed E-state index contributed by atoms with van der Waals surface area (Å²) in [5.41, 5.74) is 0.0294. The van der Waals surface area contributed by atoms with Crippen molar-refractivity contribution in [3.63, 3.8) is 0 Å². The molecule has 0 bridgehead atoms. The fourth-order valence-electron chi connectivity index (χ4n) is 7.90. The fraction of sp³-hybridized carbons (Fsp3) is 0.808. The van der Waals surface area contributed by atoms with E-state index < -0.39 is 0 Å². The van der Waals surface area contributed by atoms with Crippen LogP contribution in [0, 0.1) is 40.4 Å². The van der Waals surface area contributed by atoms with Crippen molar-refractivity contribution in [1.82, 2.24) is 10.6 Å². The minimum Gasteiger partial charge on any atom is -0.349 e. The summed E-state index contributed by atoms with van der Waals surface area (Å²) in [7, 11) is 0. The quantitative estimate of drug-likeness (QED) is 0.694. The Morgan fingerprint density at radius 1 is 1.16 bits per heavy atom. The van der Waals surface area contributed by atoms with Crippen molar-refractivity contribution in [2.75, 3.05) is 0 Å². The molecule has 31 heavy (non-hydrogen) atoms. The Morgan fingerprint density at radius 3 is 2.58 bits per heavy atom. The van der Waals surface area contributed by atoms with Crippen molar-refractivity contribution in [2.24, 2.45) is 40.4 Å². The summed E-state index contributed by atoms with van der Waals surface area (Å²) in [4.78, 5) is 37.5. The number of amides is 2. The largest absolute Gasteiger partial charge is 0.349 e. The Morgan fingerprint density at radius 2 is 1.90 bits per heavy atom. The molecule has 9 atom stereocenters. The average Bonchev–Trinajstić information content (AvgIpc) is 3.09. The third-order valence-electron chi connectivity index (χ3n) is 9.95. The van der Waals surface area contributed by atoms with Gasteiger partial charge in [-0.2, -0.15) is 0 Å². The molecule has 172 valence electrons. The predicted molar refractivity (Wildman–Crippen MR) is 121 cm³/mol. The van der Waals surface area contributed by atoms with Crippen molar-refractivity contribution in [3.05, 3.63) is 12.2 Å². The molecule has 0 aromatic rings. The van der Waals surface area contributed by atoms with Crippen LogP contribution >= 0.6 is 0 Å². The van der Waals surface area contributed by atoms with Crippen molar-refractivity contribution < 1.29 is 14.4 Å². The van der Waals surface area contributed by atoms with E-state index >= 15 is 0 Å². The van der Waals surface area contributed by atoms with Crippen LogP contribution in [0.2, 0.25) is 0 Å². The number of rotatable bonds is 5. The van der Waals surface area contributed by atoms with Crippen LogP contribution in [-0.2, 0) is 14.4 Å². The van der Waals surface area contributed by atoms with Crippen LogP contribution in [-0.4, -0.2) is 29.7 Å². The molecule has 2 N–H and O–H groups in total. The molecular formula is C26H40N2O3. The zero-order valence-electron chi connectivity index (χ0n) is 19.9. The first-order chi connectivity index (χ1) is 14.6. The second-order valence-electron chi connectivity index (χ2n) is 11.4. The summed E-state index contributed by atoms with van der Waals surface area (Å²) >= 11 is 0. The van der Waals surface area contributed by atoms with Gasteiger partial charge in [-0.05, 0) is 80.6 Å². The Balaban J connectivity index is 1.53. The van der Waals surface area contributed by atoms with Crippen LogP contribution in [0.4, 0.5) is 0 Å². The molecule has 3 saturated carbocycles. The molecule has 3 fully saturated rings. The Kier molecular flexibility index (Phi) is 5.85. The zero-order valence-corrected chi connectivity index (χ0v) is 19.9. The van der Waals surface area contributed by atoms with Gasteiger partial charge in [-0.15, -0.1) is 0 Å². The van der Waals surface area contributed by atoms with Gasteiger partial charge in [-0.25, -0.2) is 0 Å². The lowest BCUT2D eigenvalue weighted by Gasteiger charge is -2.58. The lowest BCUT2D eigenvalue weighted by Crippen LogP contribution is -2.59. The summed E-state index contributed by atoms with van der Waals surface area (Å²) in [6.07, 6.45) is 11.1. The van der Waals surface area contributed by atoms with Crippen molar-refractivity contribution >= 4 is 17.6 Å². The number of carbonyl (C=O) groups is 3. The normalized spacial score (nSPS) is 43.1. The molecule has 5 heteroatoms. The molecule has 0 aromatic carbocycles. The third-order valence-corrected chi connectivity index (χ3v) is 9.95. The smallest absolute Gasteiger partial charge is 0.243 e. The summed E-state index contributed by atoms with van der Waals surface area (Å²) < 4.78 is 0. The van der Waals surface area contributed by atoms with Crippen LogP contribution in [0.3, 0.4) is 0 Å². The predicted octanol–water partition coefficient (Wildman–Crippen LogP) is 4.02. The van der Waals surface area contributed by atoms with E-state index in [-0.39, 0.29) is 52.3 Å². The molecule has 4 rings (SSSR count). The number of nitrogens with one attached hydrogen (secondary N) is 2. The first-order valence-electron chi connectivity index (χ1n) is 12.4. The molecule has 0 aromatic heterocycles.